The van der Waals surface area contributed by atoms with Crippen LogP contribution < -0.4 is 14.5 Å². The van der Waals surface area contributed by atoms with Crippen molar-refractivity contribution in [1.29, 1.82) is 0 Å². The third kappa shape index (κ3) is 6.47. The van der Waals surface area contributed by atoms with Crippen molar-refractivity contribution in [2.45, 2.75) is 39.0 Å². The molecule has 1 aromatic carbocycles. The quantitative estimate of drug-likeness (QED) is 0.531. The van der Waals surface area contributed by atoms with Gasteiger partial charge < -0.3 is 19.0 Å². The Bertz CT molecular complexity index is 505. The van der Waals surface area contributed by atoms with E-state index in [4.69, 9.17) is 14.0 Å². The Hall–Kier alpha value is -0.893. The van der Waals surface area contributed by atoms with Crippen molar-refractivity contribution in [2.24, 2.45) is 0 Å². The maximum absolute atomic E-state index is 11.0. The van der Waals surface area contributed by atoms with Gasteiger partial charge in [0.15, 0.2) is 22.6 Å². The lowest BCUT2D eigenvalue weighted by Crippen LogP contribution is -2.44. The minimum Gasteiger partial charge on any atom is -0.493 e. The monoisotopic (exact) mass is 345 g/mol. The molecular formula is C15H27NO4SSi. The summed E-state index contributed by atoms with van der Waals surface area (Å²) in [6.07, 6.45) is 0.602. The normalized spacial score (nSPS) is 14.5. The van der Waals surface area contributed by atoms with E-state index in [1.165, 1.54) is 0 Å². The van der Waals surface area contributed by atoms with Crippen LogP contribution >= 0.6 is 0 Å². The maximum atomic E-state index is 11.0. The van der Waals surface area contributed by atoms with Gasteiger partial charge >= 0.3 is 0 Å². The Morgan fingerprint density at radius 3 is 2.50 bits per heavy atom. The lowest BCUT2D eigenvalue weighted by molar-refractivity contribution is 0.310. The molecule has 22 heavy (non-hydrogen) atoms. The topological polar surface area (TPSA) is 67.8 Å². The number of hydrogen-bond acceptors (Lipinski definition) is 4. The maximum Gasteiger partial charge on any atom is 0.161 e. The second-order valence-corrected chi connectivity index (χ2v) is 11.9. The molecule has 7 heteroatoms. The van der Waals surface area contributed by atoms with E-state index in [0.29, 0.717) is 24.5 Å². The summed E-state index contributed by atoms with van der Waals surface area (Å²) in [4.78, 5) is 3.63. The van der Waals surface area contributed by atoms with E-state index in [1.807, 2.05) is 25.1 Å². The fourth-order valence-corrected chi connectivity index (χ4v) is 4.04. The second kappa shape index (κ2) is 8.66. The minimum atomic E-state index is -1.78. The molecule has 0 spiro atoms. The molecule has 126 valence electrons. The van der Waals surface area contributed by atoms with Crippen molar-refractivity contribution in [3.8, 4) is 11.5 Å². The molecule has 2 atom stereocenters. The predicted molar refractivity (Wildman–Crippen MR) is 93.6 cm³/mol. The van der Waals surface area contributed by atoms with Crippen LogP contribution in [-0.4, -0.2) is 36.5 Å². The van der Waals surface area contributed by atoms with Crippen molar-refractivity contribution < 1.29 is 18.2 Å². The molecule has 5 nitrogen and oxygen atoms in total. The Labute approximate surface area is 136 Å². The van der Waals surface area contributed by atoms with Crippen LogP contribution in [0.5, 0.6) is 11.5 Å². The number of ether oxygens (including phenoxy) is 2. The molecule has 0 aliphatic carbocycles. The first-order valence-corrected chi connectivity index (χ1v) is 12.2. The van der Waals surface area contributed by atoms with Crippen LogP contribution in [0.3, 0.4) is 0 Å². The van der Waals surface area contributed by atoms with Crippen molar-refractivity contribution in [2.75, 3.05) is 19.5 Å². The third-order valence-corrected chi connectivity index (χ3v) is 4.88. The van der Waals surface area contributed by atoms with E-state index in [9.17, 15) is 4.21 Å². The summed E-state index contributed by atoms with van der Waals surface area (Å²) in [6.45, 7) is 9.13. The van der Waals surface area contributed by atoms with Crippen LogP contribution in [0.25, 0.3) is 0 Å². The van der Waals surface area contributed by atoms with Crippen molar-refractivity contribution >= 4 is 19.3 Å². The molecule has 0 aromatic heterocycles. The van der Waals surface area contributed by atoms with Crippen molar-refractivity contribution in [3.63, 3.8) is 0 Å². The first-order chi connectivity index (χ1) is 10.3. The first-order valence-electron chi connectivity index (χ1n) is 7.42. The highest BCUT2D eigenvalue weighted by Gasteiger charge is 2.22. The van der Waals surface area contributed by atoms with Gasteiger partial charge in [-0.2, -0.15) is 0 Å². The van der Waals surface area contributed by atoms with Gasteiger partial charge in [-0.25, -0.2) is 4.21 Å². The molecule has 0 saturated carbocycles. The van der Waals surface area contributed by atoms with Gasteiger partial charge in [-0.15, -0.1) is 0 Å². The Morgan fingerprint density at radius 1 is 1.32 bits per heavy atom. The summed E-state index contributed by atoms with van der Waals surface area (Å²) in [6, 6.07) is 5.86. The van der Waals surface area contributed by atoms with E-state index in [0.717, 1.165) is 5.56 Å². The van der Waals surface area contributed by atoms with E-state index < -0.39 is 19.3 Å². The highest BCUT2D eigenvalue weighted by Crippen LogP contribution is 2.31. The zero-order valence-electron chi connectivity index (χ0n) is 14.0. The molecule has 0 heterocycles. The molecule has 0 saturated heterocycles. The van der Waals surface area contributed by atoms with Crippen LogP contribution in [0, 0.1) is 0 Å². The fraction of sp³-hybridized carbons (Fsp3) is 0.600. The van der Waals surface area contributed by atoms with Gasteiger partial charge in [0.05, 0.1) is 19.5 Å². The average molecular weight is 346 g/mol. The molecule has 0 amide bonds. The molecule has 0 fully saturated rings. The predicted octanol–water partition coefficient (Wildman–Crippen LogP) is 3.17. The zero-order valence-corrected chi connectivity index (χ0v) is 15.8. The van der Waals surface area contributed by atoms with Crippen LogP contribution in [0.15, 0.2) is 18.2 Å². The van der Waals surface area contributed by atoms with Gasteiger partial charge in [0.2, 0.25) is 0 Å². The van der Waals surface area contributed by atoms with E-state index in [-0.39, 0.29) is 11.8 Å². The summed E-state index contributed by atoms with van der Waals surface area (Å²) in [7, 11) is 0.0798. The molecule has 2 N–H and O–H groups in total. The smallest absolute Gasteiger partial charge is 0.161 e. The SMILES string of the molecule is CCOc1cc(C(CCS(=O)O)N[Si](C)(C)C)ccc1OC. The molecule has 0 aliphatic rings. The zero-order chi connectivity index (χ0) is 16.8. The minimum absolute atomic E-state index is 0.0351. The number of rotatable bonds is 9. The van der Waals surface area contributed by atoms with E-state index >= 15 is 0 Å². The van der Waals surface area contributed by atoms with Gasteiger partial charge in [0, 0.05) is 6.04 Å². The van der Waals surface area contributed by atoms with Gasteiger partial charge in [-0.1, -0.05) is 25.7 Å². The lowest BCUT2D eigenvalue weighted by Gasteiger charge is -2.28. The summed E-state index contributed by atoms with van der Waals surface area (Å²) in [5.41, 5.74) is 1.05. The third-order valence-electron chi connectivity index (χ3n) is 3.08. The van der Waals surface area contributed by atoms with Crippen LogP contribution in [0.1, 0.15) is 24.9 Å². The highest BCUT2D eigenvalue weighted by molar-refractivity contribution is 7.79. The Balaban J connectivity index is 3.06. The van der Waals surface area contributed by atoms with Crippen molar-refractivity contribution in [3.05, 3.63) is 23.8 Å². The highest BCUT2D eigenvalue weighted by atomic mass is 32.2. The molecule has 1 rings (SSSR count). The molecule has 0 bridgehead atoms. The largest absolute Gasteiger partial charge is 0.493 e. The number of nitrogens with one attached hydrogen (secondary N) is 1. The van der Waals surface area contributed by atoms with Gasteiger partial charge in [0.25, 0.3) is 0 Å². The van der Waals surface area contributed by atoms with E-state index in [1.54, 1.807) is 7.11 Å². The van der Waals surface area contributed by atoms with Gasteiger partial charge in [-0.3, -0.25) is 0 Å². The van der Waals surface area contributed by atoms with Gasteiger partial charge in [-0.05, 0) is 31.0 Å². The number of methoxy groups -OCH3 is 1. The summed E-state index contributed by atoms with van der Waals surface area (Å²) in [5, 5.41) is 0. The Morgan fingerprint density at radius 2 is 2.00 bits per heavy atom. The summed E-state index contributed by atoms with van der Waals surface area (Å²) in [5.74, 6) is 1.65. The number of hydrogen-bond donors (Lipinski definition) is 2. The Kier molecular flexibility index (Phi) is 7.54. The second-order valence-electron chi connectivity index (χ2n) is 6.10. The van der Waals surface area contributed by atoms with Crippen LogP contribution in [-0.2, 0) is 11.1 Å². The number of benzene rings is 1. The standard InChI is InChI=1S/C15H27NO4SSi/c1-6-20-15-11-12(7-8-14(15)19-2)13(9-10-21(17)18)16-22(3,4)5/h7-8,11,13,16H,6,9-10H2,1-5H3,(H,17,18). The first kappa shape index (κ1) is 19.2. The molecule has 0 aliphatic heterocycles. The van der Waals surface area contributed by atoms with Crippen LogP contribution in [0.2, 0.25) is 19.6 Å². The van der Waals surface area contributed by atoms with Crippen molar-refractivity contribution in [1.82, 2.24) is 4.98 Å². The summed E-state index contributed by atoms with van der Waals surface area (Å²) < 4.78 is 31.0. The van der Waals surface area contributed by atoms with E-state index in [2.05, 4.69) is 24.6 Å². The molecular weight excluding hydrogens is 318 g/mol. The van der Waals surface area contributed by atoms with Crippen LogP contribution in [0.4, 0.5) is 0 Å². The molecule has 1 aromatic rings. The molecule has 2 unspecified atom stereocenters. The van der Waals surface area contributed by atoms with Gasteiger partial charge in [0.1, 0.15) is 8.24 Å². The fourth-order valence-electron chi connectivity index (χ4n) is 2.24. The lowest BCUT2D eigenvalue weighted by atomic mass is 10.0. The average Bonchev–Trinajstić information content (AvgIpc) is 2.42. The molecule has 0 radical (unpaired) electrons. The summed E-state index contributed by atoms with van der Waals surface area (Å²) >= 11 is -1.78.